The summed E-state index contributed by atoms with van der Waals surface area (Å²) in [6, 6.07) is 0. The van der Waals surface area contributed by atoms with Gasteiger partial charge in [0.05, 0.1) is 0 Å². The van der Waals surface area contributed by atoms with E-state index in [2.05, 4.69) is 27.9 Å². The van der Waals surface area contributed by atoms with Crippen LogP contribution in [0, 0.1) is 5.41 Å². The van der Waals surface area contributed by atoms with E-state index in [4.69, 9.17) is 22.4 Å². The first-order valence-electron chi connectivity index (χ1n) is 3.66. The fraction of sp³-hybridized carbons (Fsp3) is 0.500. The van der Waals surface area contributed by atoms with Crippen molar-refractivity contribution < 1.29 is 4.74 Å². The van der Waals surface area contributed by atoms with Crippen LogP contribution in [0.2, 0.25) is 0 Å². The summed E-state index contributed by atoms with van der Waals surface area (Å²) in [5.41, 5.74) is 0.806. The van der Waals surface area contributed by atoms with Crippen LogP contribution in [-0.4, -0.2) is 22.0 Å². The summed E-state index contributed by atoms with van der Waals surface area (Å²) in [7, 11) is 1.61. The third-order valence-electron chi connectivity index (χ3n) is 1.32. The summed E-state index contributed by atoms with van der Waals surface area (Å²) in [4.78, 5) is 0.569. The van der Waals surface area contributed by atoms with E-state index >= 15 is 0 Å². The Morgan fingerprint density at radius 2 is 2.23 bits per heavy atom. The van der Waals surface area contributed by atoms with Gasteiger partial charge in [-0.15, -0.1) is 0 Å². The molecule has 0 fully saturated rings. The van der Waals surface area contributed by atoms with Gasteiger partial charge in [0.1, 0.15) is 4.99 Å². The molecule has 0 aromatic heterocycles. The molecule has 0 rings (SSSR count). The van der Waals surface area contributed by atoms with E-state index in [-0.39, 0.29) is 0 Å². The van der Waals surface area contributed by atoms with Crippen molar-refractivity contribution in [1.29, 1.82) is 5.41 Å². The lowest BCUT2D eigenvalue weighted by atomic mass is 10.3. The summed E-state index contributed by atoms with van der Waals surface area (Å²) in [6.07, 6.45) is 2.98. The average Bonchev–Trinajstić information content (AvgIpc) is 2.03. The van der Waals surface area contributed by atoms with Crippen LogP contribution in [0.15, 0.2) is 11.6 Å². The van der Waals surface area contributed by atoms with Crippen LogP contribution >= 0.6 is 34.8 Å². The topological polar surface area (TPSA) is 45.1 Å². The van der Waals surface area contributed by atoms with E-state index in [1.165, 1.54) is 6.21 Å². The molecule has 2 N–H and O–H groups in total. The van der Waals surface area contributed by atoms with Gasteiger partial charge in [-0.05, 0) is 48.1 Å². The zero-order valence-electron chi connectivity index (χ0n) is 7.85. The Bertz CT molecular complexity index is 238. The molecule has 0 spiro atoms. The van der Waals surface area contributed by atoms with Crippen molar-refractivity contribution >= 4 is 46.0 Å². The first-order valence-corrected chi connectivity index (χ1v) is 5.15. The summed E-state index contributed by atoms with van der Waals surface area (Å²) in [5.74, 6) is 0. The summed E-state index contributed by atoms with van der Waals surface area (Å²) in [5, 5.41) is 9.95. The number of ether oxygens (including phenoxy) is 1. The molecular weight excluding hydrogens is 299 g/mol. The van der Waals surface area contributed by atoms with Gasteiger partial charge in [-0.2, -0.15) is 0 Å². The lowest BCUT2D eigenvalue weighted by Gasteiger charge is -2.22. The second-order valence-electron chi connectivity index (χ2n) is 2.64. The number of hydrogen-bond acceptors (Lipinski definition) is 3. The average molecular weight is 312 g/mol. The number of hydrogen-bond donors (Lipinski definition) is 2. The van der Waals surface area contributed by atoms with Crippen molar-refractivity contribution in [3.05, 3.63) is 11.6 Å². The van der Waals surface area contributed by atoms with E-state index in [0.717, 1.165) is 5.57 Å². The number of halogens is 1. The molecule has 13 heavy (non-hydrogen) atoms. The number of allylic oxidation sites excluding steroid dienone is 1. The highest BCUT2D eigenvalue weighted by Gasteiger charge is 2.17. The first-order chi connectivity index (χ1) is 5.91. The highest BCUT2D eigenvalue weighted by Crippen LogP contribution is 2.14. The molecular formula is C8H13IN2OS. The molecule has 0 saturated carbocycles. The SMILES string of the molecule is COC(C)(I)NC(=S)/C=C(/C)C=N. The molecule has 0 saturated heterocycles. The van der Waals surface area contributed by atoms with Crippen LogP contribution in [0.4, 0.5) is 0 Å². The minimum atomic E-state index is -0.492. The van der Waals surface area contributed by atoms with Crippen LogP contribution < -0.4 is 5.32 Å². The monoisotopic (exact) mass is 312 g/mol. The second kappa shape index (κ2) is 5.66. The lowest BCUT2D eigenvalue weighted by Crippen LogP contribution is -2.40. The predicted molar refractivity (Wildman–Crippen MR) is 67.7 cm³/mol. The molecule has 3 nitrogen and oxygen atoms in total. The smallest absolute Gasteiger partial charge is 0.188 e. The van der Waals surface area contributed by atoms with E-state index in [9.17, 15) is 0 Å². The van der Waals surface area contributed by atoms with Gasteiger partial charge in [0.25, 0.3) is 0 Å². The van der Waals surface area contributed by atoms with Gasteiger partial charge in [0, 0.05) is 13.3 Å². The summed E-state index contributed by atoms with van der Waals surface area (Å²) < 4.78 is 4.63. The molecule has 0 radical (unpaired) electrons. The lowest BCUT2D eigenvalue weighted by molar-refractivity contribution is 0.0917. The normalized spacial score (nSPS) is 16.2. The molecule has 5 heteroatoms. The zero-order valence-corrected chi connectivity index (χ0v) is 10.8. The number of thiocarbonyl (C=S) groups is 1. The Morgan fingerprint density at radius 3 is 2.62 bits per heavy atom. The minimum Gasteiger partial charge on any atom is -0.350 e. The van der Waals surface area contributed by atoms with E-state index in [1.807, 2.05) is 13.8 Å². The molecule has 0 aliphatic carbocycles. The van der Waals surface area contributed by atoms with Crippen LogP contribution in [0.25, 0.3) is 0 Å². The molecule has 0 aromatic rings. The Balaban J connectivity index is 4.24. The largest absolute Gasteiger partial charge is 0.350 e. The molecule has 0 aromatic carbocycles. The molecule has 0 bridgehead atoms. The summed E-state index contributed by atoms with van der Waals surface area (Å²) in [6.45, 7) is 3.69. The van der Waals surface area contributed by atoms with Gasteiger partial charge in [-0.3, -0.25) is 0 Å². The second-order valence-corrected chi connectivity index (χ2v) is 5.14. The summed E-state index contributed by atoms with van der Waals surface area (Å²) >= 11 is 7.14. The maximum Gasteiger partial charge on any atom is 0.188 e. The zero-order chi connectivity index (χ0) is 10.5. The Kier molecular flexibility index (Phi) is 5.66. The van der Waals surface area contributed by atoms with Crippen LogP contribution in [0.1, 0.15) is 13.8 Å². The van der Waals surface area contributed by atoms with Crippen molar-refractivity contribution in [2.75, 3.05) is 7.11 Å². The van der Waals surface area contributed by atoms with E-state index in [1.54, 1.807) is 13.2 Å². The van der Waals surface area contributed by atoms with Gasteiger partial charge in [-0.1, -0.05) is 12.2 Å². The standard InChI is InChI=1S/C8H13IN2OS/c1-6(5-10)4-7(13)11-8(2,9)12-3/h4-5,10H,1-3H3,(H,11,13)/b6-4-,10-5?. The Hall–Kier alpha value is -0.0100. The maximum atomic E-state index is 6.96. The number of rotatable bonds is 4. The third-order valence-corrected chi connectivity index (χ3v) is 2.25. The third kappa shape index (κ3) is 6.11. The fourth-order valence-electron chi connectivity index (χ4n) is 0.556. The van der Waals surface area contributed by atoms with Gasteiger partial charge in [-0.25, -0.2) is 0 Å². The molecule has 74 valence electrons. The molecule has 0 heterocycles. The Labute approximate surface area is 97.6 Å². The molecule has 1 atom stereocenters. The predicted octanol–water partition coefficient (Wildman–Crippen LogP) is 2.25. The quantitative estimate of drug-likeness (QED) is 0.159. The van der Waals surface area contributed by atoms with Gasteiger partial charge >= 0.3 is 0 Å². The molecule has 0 amide bonds. The van der Waals surface area contributed by atoms with Gasteiger partial charge in [0.2, 0.25) is 0 Å². The van der Waals surface area contributed by atoms with Crippen molar-refractivity contribution in [3.8, 4) is 0 Å². The minimum absolute atomic E-state index is 0.492. The first kappa shape index (κ1) is 13.0. The molecule has 0 aliphatic rings. The van der Waals surface area contributed by atoms with Crippen molar-refractivity contribution in [1.82, 2.24) is 5.32 Å². The fourth-order valence-corrected chi connectivity index (χ4v) is 1.41. The highest BCUT2D eigenvalue weighted by molar-refractivity contribution is 14.1. The van der Waals surface area contributed by atoms with E-state index in [0.29, 0.717) is 4.99 Å². The number of alkyl halides is 1. The number of nitrogens with one attached hydrogen (secondary N) is 2. The van der Waals surface area contributed by atoms with Crippen LogP contribution in [0.3, 0.4) is 0 Å². The van der Waals surface area contributed by atoms with Gasteiger partial charge in [0.15, 0.2) is 3.73 Å². The van der Waals surface area contributed by atoms with Crippen LogP contribution in [-0.2, 0) is 4.74 Å². The number of methoxy groups -OCH3 is 1. The van der Waals surface area contributed by atoms with E-state index < -0.39 is 3.73 Å². The van der Waals surface area contributed by atoms with Gasteiger partial charge < -0.3 is 15.5 Å². The maximum absolute atomic E-state index is 6.96. The molecule has 1 unspecified atom stereocenters. The van der Waals surface area contributed by atoms with Crippen molar-refractivity contribution in [2.24, 2.45) is 0 Å². The highest BCUT2D eigenvalue weighted by atomic mass is 127. The molecule has 0 aliphatic heterocycles. The van der Waals surface area contributed by atoms with Crippen molar-refractivity contribution in [2.45, 2.75) is 17.6 Å². The van der Waals surface area contributed by atoms with Crippen LogP contribution in [0.5, 0.6) is 0 Å². The van der Waals surface area contributed by atoms with Crippen molar-refractivity contribution in [3.63, 3.8) is 0 Å². The Morgan fingerprint density at radius 1 is 1.69 bits per heavy atom.